The summed E-state index contributed by atoms with van der Waals surface area (Å²) >= 11 is 0. The van der Waals surface area contributed by atoms with Crippen molar-refractivity contribution in [2.24, 2.45) is 0 Å². The van der Waals surface area contributed by atoms with Crippen molar-refractivity contribution >= 4 is 17.0 Å². The van der Waals surface area contributed by atoms with E-state index in [1.807, 2.05) is 6.92 Å². The second-order valence-electron chi connectivity index (χ2n) is 4.22. The van der Waals surface area contributed by atoms with Crippen LogP contribution in [-0.4, -0.2) is 36.8 Å². The van der Waals surface area contributed by atoms with Gasteiger partial charge in [-0.2, -0.15) is 0 Å². The van der Waals surface area contributed by atoms with Crippen LogP contribution in [0.1, 0.15) is 19.6 Å². The number of hydrogen-bond donors (Lipinski definition) is 2. The summed E-state index contributed by atoms with van der Waals surface area (Å²) in [4.78, 5) is 12.1. The lowest BCUT2D eigenvalue weighted by molar-refractivity contribution is -0.0297. The third-order valence-electron chi connectivity index (χ3n) is 2.94. The Hall–Kier alpha value is -1.73. The van der Waals surface area contributed by atoms with Crippen LogP contribution < -0.4 is 5.73 Å². The number of anilines is 1. The summed E-state index contributed by atoms with van der Waals surface area (Å²) < 4.78 is 7.33. The number of ether oxygens (including phenoxy) is 1. The predicted octanol–water partition coefficient (Wildman–Crippen LogP) is 0.0768. The zero-order valence-electron chi connectivity index (χ0n) is 9.32. The Morgan fingerprint density at radius 3 is 3.00 bits per heavy atom. The molecule has 0 saturated carbocycles. The van der Waals surface area contributed by atoms with Gasteiger partial charge in [0.15, 0.2) is 17.7 Å². The van der Waals surface area contributed by atoms with Gasteiger partial charge < -0.3 is 15.6 Å². The zero-order valence-corrected chi connectivity index (χ0v) is 9.32. The molecular formula is C10H13N5O2. The van der Waals surface area contributed by atoms with Crippen LogP contribution >= 0.6 is 0 Å². The molecule has 2 aromatic heterocycles. The van der Waals surface area contributed by atoms with Crippen molar-refractivity contribution in [3.05, 3.63) is 12.7 Å². The Labute approximate surface area is 97.3 Å². The van der Waals surface area contributed by atoms with E-state index >= 15 is 0 Å². The lowest BCUT2D eigenvalue weighted by Crippen LogP contribution is -2.19. The molecule has 1 aliphatic rings. The molecule has 1 fully saturated rings. The molecule has 3 atom stereocenters. The van der Waals surface area contributed by atoms with Crippen molar-refractivity contribution in [2.45, 2.75) is 31.8 Å². The maximum Gasteiger partial charge on any atom is 0.167 e. The summed E-state index contributed by atoms with van der Waals surface area (Å²) in [5.74, 6) is 0.328. The quantitative estimate of drug-likeness (QED) is 0.726. The third kappa shape index (κ3) is 1.55. The summed E-state index contributed by atoms with van der Waals surface area (Å²) in [7, 11) is 0. The number of hydrogen-bond acceptors (Lipinski definition) is 6. The maximum absolute atomic E-state index is 9.91. The number of aromatic nitrogens is 4. The highest BCUT2D eigenvalue weighted by Crippen LogP contribution is 2.30. The molecule has 0 aliphatic carbocycles. The van der Waals surface area contributed by atoms with Crippen LogP contribution in [0.5, 0.6) is 0 Å². The summed E-state index contributed by atoms with van der Waals surface area (Å²) in [6.07, 6.45) is 2.56. The molecule has 3 rings (SSSR count). The first-order chi connectivity index (χ1) is 8.16. The van der Waals surface area contributed by atoms with E-state index in [-0.39, 0.29) is 6.10 Å². The van der Waals surface area contributed by atoms with Crippen LogP contribution in [0.2, 0.25) is 0 Å². The number of nitrogens with two attached hydrogens (primary N) is 1. The van der Waals surface area contributed by atoms with E-state index in [2.05, 4.69) is 15.0 Å². The van der Waals surface area contributed by atoms with Gasteiger partial charge in [0, 0.05) is 6.42 Å². The highest BCUT2D eigenvalue weighted by atomic mass is 16.5. The third-order valence-corrected chi connectivity index (χ3v) is 2.94. The first kappa shape index (κ1) is 10.4. The number of aliphatic hydroxyl groups excluding tert-OH is 1. The van der Waals surface area contributed by atoms with Gasteiger partial charge in [-0.3, -0.25) is 4.57 Å². The number of nitrogen functional groups attached to an aromatic ring is 1. The van der Waals surface area contributed by atoms with Gasteiger partial charge in [-0.1, -0.05) is 0 Å². The van der Waals surface area contributed by atoms with Crippen LogP contribution in [0, 0.1) is 0 Å². The second kappa shape index (κ2) is 3.64. The van der Waals surface area contributed by atoms with Crippen molar-refractivity contribution in [3.8, 4) is 0 Å². The Balaban J connectivity index is 2.09. The second-order valence-corrected chi connectivity index (χ2v) is 4.22. The Bertz CT molecular complexity index is 555. The number of imidazole rings is 1. The Kier molecular flexibility index (Phi) is 2.23. The molecule has 2 aromatic rings. The highest BCUT2D eigenvalue weighted by Gasteiger charge is 2.33. The van der Waals surface area contributed by atoms with Gasteiger partial charge in [0.1, 0.15) is 17.9 Å². The van der Waals surface area contributed by atoms with Gasteiger partial charge in [0.2, 0.25) is 0 Å². The first-order valence-corrected chi connectivity index (χ1v) is 5.43. The number of rotatable bonds is 1. The fraction of sp³-hybridized carbons (Fsp3) is 0.500. The van der Waals surface area contributed by atoms with Crippen LogP contribution in [0.3, 0.4) is 0 Å². The molecule has 1 aliphatic heterocycles. The molecule has 3 N–H and O–H groups in total. The van der Waals surface area contributed by atoms with Crippen LogP contribution in [-0.2, 0) is 4.74 Å². The van der Waals surface area contributed by atoms with E-state index < -0.39 is 12.3 Å². The molecule has 7 nitrogen and oxygen atoms in total. The average molecular weight is 235 g/mol. The lowest BCUT2D eigenvalue weighted by Gasteiger charge is -2.15. The van der Waals surface area contributed by atoms with Crippen molar-refractivity contribution in [2.75, 3.05) is 5.73 Å². The maximum atomic E-state index is 9.91. The number of nitrogens with zero attached hydrogens (tertiary/aromatic N) is 4. The largest absolute Gasteiger partial charge is 0.388 e. The summed E-state index contributed by atoms with van der Waals surface area (Å²) in [6, 6.07) is 0. The van der Waals surface area contributed by atoms with Crippen LogP contribution in [0.15, 0.2) is 12.7 Å². The molecule has 0 bridgehead atoms. The minimum Gasteiger partial charge on any atom is -0.388 e. The molecule has 0 unspecified atom stereocenters. The average Bonchev–Trinajstić information content (AvgIpc) is 2.83. The SMILES string of the molecule is C[C@H]1C[C@@H](O)[C@H](n2cnc3c(N)ncnc32)O1. The number of fused-ring (bicyclic) bond motifs is 1. The fourth-order valence-electron chi connectivity index (χ4n) is 2.15. The topological polar surface area (TPSA) is 99.1 Å². The zero-order chi connectivity index (χ0) is 12.0. The van der Waals surface area contributed by atoms with E-state index in [9.17, 15) is 5.11 Å². The molecule has 1 saturated heterocycles. The Morgan fingerprint density at radius 2 is 2.29 bits per heavy atom. The minimum atomic E-state index is -0.557. The number of aliphatic hydroxyl groups is 1. The van der Waals surface area contributed by atoms with Gasteiger partial charge in [0.05, 0.1) is 12.4 Å². The summed E-state index contributed by atoms with van der Waals surface area (Å²) in [5.41, 5.74) is 6.81. The highest BCUT2D eigenvalue weighted by molar-refractivity contribution is 5.81. The monoisotopic (exact) mass is 235 g/mol. The van der Waals surface area contributed by atoms with Crippen molar-refractivity contribution in [3.63, 3.8) is 0 Å². The standard InChI is InChI=1S/C10H13N5O2/c1-5-2-6(16)10(17-5)15-4-14-7-8(11)12-3-13-9(7)15/h3-6,10,16H,2H2,1H3,(H2,11,12,13)/t5-,6+,10+/m0/s1. The first-order valence-electron chi connectivity index (χ1n) is 5.43. The van der Waals surface area contributed by atoms with E-state index in [0.29, 0.717) is 23.4 Å². The smallest absolute Gasteiger partial charge is 0.167 e. The summed E-state index contributed by atoms with van der Waals surface area (Å²) in [6.45, 7) is 1.92. The van der Waals surface area contributed by atoms with Gasteiger partial charge in [-0.25, -0.2) is 15.0 Å². The van der Waals surface area contributed by atoms with E-state index in [4.69, 9.17) is 10.5 Å². The minimum absolute atomic E-state index is 0.0200. The van der Waals surface area contributed by atoms with Crippen molar-refractivity contribution in [1.29, 1.82) is 0 Å². The molecule has 0 radical (unpaired) electrons. The molecule has 0 amide bonds. The molecule has 90 valence electrons. The van der Waals surface area contributed by atoms with Gasteiger partial charge >= 0.3 is 0 Å². The van der Waals surface area contributed by atoms with E-state index in [1.54, 1.807) is 10.9 Å². The van der Waals surface area contributed by atoms with Crippen molar-refractivity contribution in [1.82, 2.24) is 19.5 Å². The molecule has 0 aromatic carbocycles. The lowest BCUT2D eigenvalue weighted by atomic mass is 10.2. The molecule has 3 heterocycles. The van der Waals surface area contributed by atoms with Crippen LogP contribution in [0.25, 0.3) is 11.2 Å². The van der Waals surface area contributed by atoms with Crippen molar-refractivity contribution < 1.29 is 9.84 Å². The van der Waals surface area contributed by atoms with Gasteiger partial charge in [0.25, 0.3) is 0 Å². The van der Waals surface area contributed by atoms with E-state index in [1.165, 1.54) is 6.33 Å². The summed E-state index contributed by atoms with van der Waals surface area (Å²) in [5, 5.41) is 9.91. The molecule has 17 heavy (non-hydrogen) atoms. The molecule has 0 spiro atoms. The normalized spacial score (nSPS) is 28.9. The molecular weight excluding hydrogens is 222 g/mol. The van der Waals surface area contributed by atoms with Gasteiger partial charge in [-0.05, 0) is 6.92 Å². The Morgan fingerprint density at radius 1 is 1.47 bits per heavy atom. The van der Waals surface area contributed by atoms with E-state index in [0.717, 1.165) is 0 Å². The van der Waals surface area contributed by atoms with Gasteiger partial charge in [-0.15, -0.1) is 0 Å². The predicted molar refractivity (Wildman–Crippen MR) is 59.9 cm³/mol. The fourth-order valence-corrected chi connectivity index (χ4v) is 2.15. The molecule has 7 heteroatoms. The van der Waals surface area contributed by atoms with Crippen LogP contribution in [0.4, 0.5) is 5.82 Å².